The monoisotopic (exact) mass is 370 g/mol. The number of anilines is 1. The van der Waals surface area contributed by atoms with Crippen LogP contribution in [-0.2, 0) is 4.79 Å². The molecule has 2 aromatic carbocycles. The van der Waals surface area contributed by atoms with Crippen LogP contribution in [0, 0.1) is 5.82 Å². The lowest BCUT2D eigenvalue weighted by Crippen LogP contribution is -2.45. The number of hydrogen-bond acceptors (Lipinski definition) is 3. The van der Waals surface area contributed by atoms with Crippen molar-refractivity contribution in [2.75, 3.05) is 18.0 Å². The highest BCUT2D eigenvalue weighted by molar-refractivity contribution is 6.04. The molecule has 140 valence electrons. The number of hydrogen-bond donors (Lipinski definition) is 1. The lowest BCUT2D eigenvalue weighted by Gasteiger charge is -2.27. The number of carboxylic acids is 1. The molecule has 1 N–H and O–H groups in total. The third-order valence-corrected chi connectivity index (χ3v) is 4.67. The molecule has 1 atom stereocenters. The number of halogens is 1. The molecule has 1 fully saturated rings. The molecule has 1 saturated heterocycles. The van der Waals surface area contributed by atoms with E-state index in [0.29, 0.717) is 13.0 Å². The molecular formula is C20H19FN2O4. The zero-order chi connectivity index (χ0) is 19.6. The summed E-state index contributed by atoms with van der Waals surface area (Å²) >= 11 is 0. The standard InChI is InChI=1S/C20H19FN2O4/c1-2-22(18(24)15-9-8-13(20(26)27)12-16(15)21)17-10-11-23(19(17)25)14-6-4-3-5-7-14/h3-9,12,17H,2,10-11H2,1H3,(H,26,27). The maximum absolute atomic E-state index is 14.3. The fourth-order valence-corrected chi connectivity index (χ4v) is 3.30. The van der Waals surface area contributed by atoms with Crippen LogP contribution < -0.4 is 4.90 Å². The zero-order valence-corrected chi connectivity index (χ0v) is 14.8. The van der Waals surface area contributed by atoms with E-state index in [4.69, 9.17) is 5.11 Å². The van der Waals surface area contributed by atoms with Gasteiger partial charge < -0.3 is 14.9 Å². The van der Waals surface area contributed by atoms with E-state index in [1.165, 1.54) is 11.0 Å². The average molecular weight is 370 g/mol. The molecule has 27 heavy (non-hydrogen) atoms. The molecule has 2 amide bonds. The molecule has 1 aliphatic heterocycles. The summed E-state index contributed by atoms with van der Waals surface area (Å²) in [5, 5.41) is 8.93. The fourth-order valence-electron chi connectivity index (χ4n) is 3.30. The van der Waals surface area contributed by atoms with Gasteiger partial charge in [0.2, 0.25) is 5.91 Å². The quantitative estimate of drug-likeness (QED) is 0.878. The Morgan fingerprint density at radius 3 is 2.52 bits per heavy atom. The number of benzene rings is 2. The summed E-state index contributed by atoms with van der Waals surface area (Å²) in [6.45, 7) is 2.43. The highest BCUT2D eigenvalue weighted by atomic mass is 19.1. The van der Waals surface area contributed by atoms with E-state index in [1.807, 2.05) is 30.3 Å². The average Bonchev–Trinajstić information content (AvgIpc) is 3.04. The fraction of sp³-hybridized carbons (Fsp3) is 0.250. The molecular weight excluding hydrogens is 351 g/mol. The van der Waals surface area contributed by atoms with Crippen LogP contribution in [0.2, 0.25) is 0 Å². The largest absolute Gasteiger partial charge is 0.478 e. The Morgan fingerprint density at radius 1 is 1.22 bits per heavy atom. The van der Waals surface area contributed by atoms with Gasteiger partial charge in [-0.2, -0.15) is 0 Å². The molecule has 1 unspecified atom stereocenters. The van der Waals surface area contributed by atoms with E-state index >= 15 is 0 Å². The molecule has 3 rings (SSSR count). The molecule has 0 aliphatic carbocycles. The predicted molar refractivity (Wildman–Crippen MR) is 97.3 cm³/mol. The van der Waals surface area contributed by atoms with Crippen molar-refractivity contribution in [1.29, 1.82) is 0 Å². The minimum Gasteiger partial charge on any atom is -0.478 e. The number of carboxylic acid groups (broad SMARTS) is 1. The lowest BCUT2D eigenvalue weighted by molar-refractivity contribution is -0.120. The van der Waals surface area contributed by atoms with Gasteiger partial charge in [0.15, 0.2) is 0 Å². The molecule has 0 saturated carbocycles. The van der Waals surface area contributed by atoms with Crippen LogP contribution in [0.4, 0.5) is 10.1 Å². The van der Waals surface area contributed by atoms with Crippen LogP contribution in [0.1, 0.15) is 34.1 Å². The summed E-state index contributed by atoms with van der Waals surface area (Å²) in [7, 11) is 0. The van der Waals surface area contributed by atoms with Crippen molar-refractivity contribution in [2.24, 2.45) is 0 Å². The van der Waals surface area contributed by atoms with Gasteiger partial charge >= 0.3 is 5.97 Å². The number of para-hydroxylation sites is 1. The number of amides is 2. The van der Waals surface area contributed by atoms with Gasteiger partial charge in [0.1, 0.15) is 11.9 Å². The SMILES string of the molecule is CCN(C(=O)c1ccc(C(=O)O)cc1F)C1CCN(c2ccccc2)C1=O. The second-order valence-electron chi connectivity index (χ2n) is 6.22. The van der Waals surface area contributed by atoms with Crippen LogP contribution in [0.15, 0.2) is 48.5 Å². The third kappa shape index (κ3) is 3.53. The van der Waals surface area contributed by atoms with Crippen LogP contribution in [0.25, 0.3) is 0 Å². The first-order chi connectivity index (χ1) is 12.9. The molecule has 0 aromatic heterocycles. The van der Waals surface area contributed by atoms with Crippen molar-refractivity contribution < 1.29 is 23.9 Å². The lowest BCUT2D eigenvalue weighted by atomic mass is 10.1. The Labute approximate surface area is 155 Å². The minimum absolute atomic E-state index is 0.209. The molecule has 0 spiro atoms. The summed E-state index contributed by atoms with van der Waals surface area (Å²) < 4.78 is 14.3. The number of rotatable bonds is 5. The normalized spacial score (nSPS) is 16.4. The maximum Gasteiger partial charge on any atom is 0.335 e. The van der Waals surface area contributed by atoms with Crippen molar-refractivity contribution in [3.8, 4) is 0 Å². The number of carbonyl (C=O) groups excluding carboxylic acids is 2. The molecule has 0 radical (unpaired) electrons. The highest BCUT2D eigenvalue weighted by Gasteiger charge is 2.38. The van der Waals surface area contributed by atoms with Crippen LogP contribution >= 0.6 is 0 Å². The van der Waals surface area contributed by atoms with E-state index < -0.39 is 23.7 Å². The Bertz CT molecular complexity index is 885. The van der Waals surface area contributed by atoms with Gasteiger partial charge in [-0.3, -0.25) is 9.59 Å². The molecule has 0 bridgehead atoms. The smallest absolute Gasteiger partial charge is 0.335 e. The summed E-state index contributed by atoms with van der Waals surface area (Å²) in [6.07, 6.45) is 0.447. The van der Waals surface area contributed by atoms with Gasteiger partial charge in [0, 0.05) is 18.8 Å². The topological polar surface area (TPSA) is 77.9 Å². The minimum atomic E-state index is -1.27. The summed E-state index contributed by atoms with van der Waals surface area (Å²) in [5.74, 6) is -3.02. The summed E-state index contributed by atoms with van der Waals surface area (Å²) in [5.41, 5.74) is 0.276. The first-order valence-electron chi connectivity index (χ1n) is 8.64. The number of likely N-dealkylation sites (N-methyl/N-ethyl adjacent to an activating group) is 1. The molecule has 2 aromatic rings. The molecule has 1 aliphatic rings. The van der Waals surface area contributed by atoms with E-state index in [0.717, 1.165) is 17.8 Å². The maximum atomic E-state index is 14.3. The van der Waals surface area contributed by atoms with Gasteiger partial charge in [-0.1, -0.05) is 18.2 Å². The van der Waals surface area contributed by atoms with Gasteiger partial charge in [0.25, 0.3) is 5.91 Å². The van der Waals surface area contributed by atoms with Gasteiger partial charge in [-0.25, -0.2) is 9.18 Å². The van der Waals surface area contributed by atoms with Crippen molar-refractivity contribution in [1.82, 2.24) is 4.90 Å². The van der Waals surface area contributed by atoms with Crippen molar-refractivity contribution in [2.45, 2.75) is 19.4 Å². The number of aromatic carboxylic acids is 1. The van der Waals surface area contributed by atoms with Gasteiger partial charge in [-0.15, -0.1) is 0 Å². The Kier molecular flexibility index (Phi) is 5.21. The number of nitrogens with zero attached hydrogens (tertiary/aromatic N) is 2. The van der Waals surface area contributed by atoms with E-state index in [-0.39, 0.29) is 23.6 Å². The van der Waals surface area contributed by atoms with Crippen LogP contribution in [0.3, 0.4) is 0 Å². The second-order valence-corrected chi connectivity index (χ2v) is 6.22. The zero-order valence-electron chi connectivity index (χ0n) is 14.8. The molecule has 1 heterocycles. The van der Waals surface area contributed by atoms with Crippen molar-refractivity contribution >= 4 is 23.5 Å². The van der Waals surface area contributed by atoms with Crippen molar-refractivity contribution in [3.05, 3.63) is 65.5 Å². The summed E-state index contributed by atoms with van der Waals surface area (Å²) in [4.78, 5) is 39.5. The third-order valence-electron chi connectivity index (χ3n) is 4.67. The van der Waals surface area contributed by atoms with Crippen LogP contribution in [0.5, 0.6) is 0 Å². The molecule has 7 heteroatoms. The highest BCUT2D eigenvalue weighted by Crippen LogP contribution is 2.25. The first kappa shape index (κ1) is 18.6. The van der Waals surface area contributed by atoms with E-state index in [9.17, 15) is 18.8 Å². The van der Waals surface area contributed by atoms with E-state index in [1.54, 1.807) is 11.8 Å². The van der Waals surface area contributed by atoms with Crippen LogP contribution in [-0.4, -0.2) is 46.9 Å². The van der Waals surface area contributed by atoms with Gasteiger partial charge in [-0.05, 0) is 43.7 Å². The second kappa shape index (κ2) is 7.57. The van der Waals surface area contributed by atoms with E-state index in [2.05, 4.69) is 0 Å². The first-order valence-corrected chi connectivity index (χ1v) is 8.64. The number of carbonyl (C=O) groups is 3. The molecule has 6 nitrogen and oxygen atoms in total. The van der Waals surface area contributed by atoms with Gasteiger partial charge in [0.05, 0.1) is 11.1 Å². The van der Waals surface area contributed by atoms with Crippen molar-refractivity contribution in [3.63, 3.8) is 0 Å². The Morgan fingerprint density at radius 2 is 1.93 bits per heavy atom. The Balaban J connectivity index is 1.84. The predicted octanol–water partition coefficient (Wildman–Crippen LogP) is 2.79. The summed E-state index contributed by atoms with van der Waals surface area (Å²) in [6, 6.07) is 11.6. The Hall–Kier alpha value is -3.22.